The van der Waals surface area contributed by atoms with Crippen molar-refractivity contribution in [3.8, 4) is 11.5 Å². The first kappa shape index (κ1) is 22.3. The fraction of sp³-hybridized carbons (Fsp3) is 0.154. The van der Waals surface area contributed by atoms with Crippen molar-refractivity contribution in [2.45, 2.75) is 0 Å². The number of nitrogens with one attached hydrogen (secondary N) is 1. The third kappa shape index (κ3) is 5.52. The highest BCUT2D eigenvalue weighted by molar-refractivity contribution is 6.04. The number of halogens is 1. The van der Waals surface area contributed by atoms with Crippen molar-refractivity contribution >= 4 is 23.4 Å². The van der Waals surface area contributed by atoms with Crippen LogP contribution < -0.4 is 19.9 Å². The minimum absolute atomic E-state index is 0.310. The van der Waals surface area contributed by atoms with E-state index in [0.717, 1.165) is 32.0 Å². The number of piperazine rings is 1. The zero-order chi connectivity index (χ0) is 24.0. The van der Waals surface area contributed by atoms with E-state index in [4.69, 9.17) is 4.74 Å². The van der Waals surface area contributed by atoms with Crippen LogP contribution in [0.25, 0.3) is 0 Å². The zero-order valence-corrected chi connectivity index (χ0v) is 18.8. The number of anilines is 3. The molecule has 5 rings (SSSR count). The first-order valence-corrected chi connectivity index (χ1v) is 11.2. The van der Waals surface area contributed by atoms with Crippen LogP contribution in [0.5, 0.6) is 11.5 Å². The summed E-state index contributed by atoms with van der Waals surface area (Å²) >= 11 is 0. The minimum Gasteiger partial charge on any atom is -0.457 e. The van der Waals surface area contributed by atoms with E-state index < -0.39 is 0 Å². The normalized spacial score (nSPS) is 13.4. The van der Waals surface area contributed by atoms with Crippen molar-refractivity contribution in [3.63, 3.8) is 0 Å². The Balaban J connectivity index is 1.18. The molecule has 0 unspecified atom stereocenters. The molecule has 9 heteroatoms. The standard InChI is InChI=1S/C26H23FN6O2/c27-20-7-9-22(10-8-20)35-23-5-3-4-19(16-23)25(34)31-21-17-29-26(30-18-21)33-14-12-32(13-15-33)24-6-1-2-11-28-24/h1-11,16-18H,12-15H2,(H,31,34). The van der Waals surface area contributed by atoms with Crippen molar-refractivity contribution in [1.29, 1.82) is 0 Å². The van der Waals surface area contributed by atoms with Crippen LogP contribution in [0.1, 0.15) is 10.4 Å². The fourth-order valence-corrected chi connectivity index (χ4v) is 3.77. The van der Waals surface area contributed by atoms with Gasteiger partial charge in [0.2, 0.25) is 5.95 Å². The van der Waals surface area contributed by atoms with Crippen LogP contribution in [0, 0.1) is 5.82 Å². The minimum atomic E-state index is -0.342. The number of nitrogens with zero attached hydrogens (tertiary/aromatic N) is 5. The van der Waals surface area contributed by atoms with Crippen LogP contribution in [0.15, 0.2) is 85.3 Å². The molecule has 2 aromatic carbocycles. The molecule has 8 nitrogen and oxygen atoms in total. The van der Waals surface area contributed by atoms with Gasteiger partial charge in [0.15, 0.2) is 0 Å². The molecule has 1 saturated heterocycles. The smallest absolute Gasteiger partial charge is 0.255 e. The number of hydrogen-bond donors (Lipinski definition) is 1. The Morgan fingerprint density at radius 2 is 1.57 bits per heavy atom. The summed E-state index contributed by atoms with van der Waals surface area (Å²) in [6.45, 7) is 3.22. The molecule has 1 fully saturated rings. The summed E-state index contributed by atoms with van der Waals surface area (Å²) in [7, 11) is 0. The van der Waals surface area contributed by atoms with Crippen LogP contribution in [-0.2, 0) is 0 Å². The molecule has 1 amide bonds. The molecule has 1 aliphatic heterocycles. The van der Waals surface area contributed by atoms with Crippen LogP contribution in [-0.4, -0.2) is 47.0 Å². The molecular formula is C26H23FN6O2. The number of pyridine rings is 1. The molecule has 0 radical (unpaired) electrons. The van der Waals surface area contributed by atoms with Crippen LogP contribution in [0.2, 0.25) is 0 Å². The Bertz CT molecular complexity index is 1280. The predicted molar refractivity (Wildman–Crippen MR) is 132 cm³/mol. The molecule has 4 aromatic rings. The predicted octanol–water partition coefficient (Wildman–Crippen LogP) is 4.38. The molecule has 176 valence electrons. The van der Waals surface area contributed by atoms with E-state index in [9.17, 15) is 9.18 Å². The maximum Gasteiger partial charge on any atom is 0.255 e. The summed E-state index contributed by atoms with van der Waals surface area (Å²) in [4.78, 5) is 30.4. The molecule has 0 bridgehead atoms. The van der Waals surface area contributed by atoms with Crippen LogP contribution in [0.4, 0.5) is 21.8 Å². The van der Waals surface area contributed by atoms with Crippen molar-refractivity contribution in [2.24, 2.45) is 0 Å². The second kappa shape index (κ2) is 10.2. The second-order valence-electron chi connectivity index (χ2n) is 7.97. The van der Waals surface area contributed by atoms with Gasteiger partial charge in [0.1, 0.15) is 23.1 Å². The van der Waals surface area contributed by atoms with Gasteiger partial charge in [-0.1, -0.05) is 12.1 Å². The van der Waals surface area contributed by atoms with Gasteiger partial charge < -0.3 is 19.9 Å². The number of hydrogen-bond acceptors (Lipinski definition) is 7. The summed E-state index contributed by atoms with van der Waals surface area (Å²) in [6, 6.07) is 18.3. The number of benzene rings is 2. The molecule has 35 heavy (non-hydrogen) atoms. The summed E-state index contributed by atoms with van der Waals surface area (Å²) in [5.41, 5.74) is 0.912. The quantitative estimate of drug-likeness (QED) is 0.448. The van der Waals surface area contributed by atoms with Gasteiger partial charge in [0, 0.05) is 37.9 Å². The van der Waals surface area contributed by atoms with Crippen molar-refractivity contribution in [1.82, 2.24) is 15.0 Å². The van der Waals surface area contributed by atoms with E-state index in [1.165, 1.54) is 24.3 Å². The highest BCUT2D eigenvalue weighted by atomic mass is 19.1. The maximum absolute atomic E-state index is 13.1. The van der Waals surface area contributed by atoms with Crippen LogP contribution >= 0.6 is 0 Å². The number of carbonyl (C=O) groups excluding carboxylic acids is 1. The Morgan fingerprint density at radius 1 is 0.829 bits per heavy atom. The van der Waals surface area contributed by atoms with Crippen LogP contribution in [0.3, 0.4) is 0 Å². The van der Waals surface area contributed by atoms with E-state index in [-0.39, 0.29) is 11.7 Å². The molecule has 3 heterocycles. The average Bonchev–Trinajstić information content (AvgIpc) is 2.91. The number of carbonyl (C=O) groups is 1. The monoisotopic (exact) mass is 470 g/mol. The maximum atomic E-state index is 13.1. The Labute approximate surface area is 202 Å². The number of amides is 1. The number of aromatic nitrogens is 3. The lowest BCUT2D eigenvalue weighted by atomic mass is 10.2. The van der Waals surface area contributed by atoms with Gasteiger partial charge in [-0.25, -0.2) is 19.3 Å². The van der Waals surface area contributed by atoms with Gasteiger partial charge in [-0.15, -0.1) is 0 Å². The molecule has 2 aromatic heterocycles. The van der Waals surface area contributed by atoms with Gasteiger partial charge in [-0.3, -0.25) is 4.79 Å². The van der Waals surface area contributed by atoms with Gasteiger partial charge >= 0.3 is 0 Å². The zero-order valence-electron chi connectivity index (χ0n) is 18.8. The Kier molecular flexibility index (Phi) is 6.47. The molecule has 0 aliphatic carbocycles. The molecular weight excluding hydrogens is 447 g/mol. The lowest BCUT2D eigenvalue weighted by molar-refractivity contribution is 0.102. The van der Waals surface area contributed by atoms with E-state index in [0.29, 0.717) is 28.7 Å². The van der Waals surface area contributed by atoms with E-state index in [1.807, 2.05) is 18.2 Å². The van der Waals surface area contributed by atoms with Crippen molar-refractivity contribution in [3.05, 3.63) is 96.7 Å². The number of rotatable bonds is 6. The first-order chi connectivity index (χ1) is 17.1. The van der Waals surface area contributed by atoms with E-state index >= 15 is 0 Å². The lowest BCUT2D eigenvalue weighted by Gasteiger charge is -2.35. The van der Waals surface area contributed by atoms with Gasteiger partial charge in [-0.2, -0.15) is 0 Å². The summed E-state index contributed by atoms with van der Waals surface area (Å²) in [5, 5.41) is 2.81. The van der Waals surface area contributed by atoms with Crippen molar-refractivity contribution < 1.29 is 13.9 Å². The first-order valence-electron chi connectivity index (χ1n) is 11.2. The van der Waals surface area contributed by atoms with E-state index in [2.05, 4.69) is 30.1 Å². The molecule has 0 atom stereocenters. The highest BCUT2D eigenvalue weighted by Crippen LogP contribution is 2.23. The largest absolute Gasteiger partial charge is 0.457 e. The molecule has 0 spiro atoms. The Hall–Kier alpha value is -4.53. The van der Waals surface area contributed by atoms with Gasteiger partial charge in [0.05, 0.1) is 18.1 Å². The summed E-state index contributed by atoms with van der Waals surface area (Å²) in [6.07, 6.45) is 5.00. The van der Waals surface area contributed by atoms with E-state index in [1.54, 1.807) is 42.9 Å². The third-order valence-electron chi connectivity index (χ3n) is 5.58. The van der Waals surface area contributed by atoms with Crippen molar-refractivity contribution in [2.75, 3.05) is 41.3 Å². The SMILES string of the molecule is O=C(Nc1cnc(N2CCN(c3ccccn3)CC2)nc1)c1cccc(Oc2ccc(F)cc2)c1. The Morgan fingerprint density at radius 3 is 2.29 bits per heavy atom. The third-order valence-corrected chi connectivity index (χ3v) is 5.58. The fourth-order valence-electron chi connectivity index (χ4n) is 3.77. The van der Waals surface area contributed by atoms with Gasteiger partial charge in [0.25, 0.3) is 5.91 Å². The topological polar surface area (TPSA) is 83.5 Å². The lowest BCUT2D eigenvalue weighted by Crippen LogP contribution is -2.47. The number of ether oxygens (including phenoxy) is 1. The summed E-state index contributed by atoms with van der Waals surface area (Å²) in [5.74, 6) is 1.89. The average molecular weight is 471 g/mol. The summed E-state index contributed by atoms with van der Waals surface area (Å²) < 4.78 is 18.8. The molecule has 1 N–H and O–H groups in total. The molecule has 0 saturated carbocycles. The van der Waals surface area contributed by atoms with Gasteiger partial charge in [-0.05, 0) is 54.6 Å². The molecule has 1 aliphatic rings. The highest BCUT2D eigenvalue weighted by Gasteiger charge is 2.20. The second-order valence-corrected chi connectivity index (χ2v) is 7.97.